The molecule has 0 saturated carbocycles. The van der Waals surface area contributed by atoms with Gasteiger partial charge < -0.3 is 35.4 Å². The van der Waals surface area contributed by atoms with Crippen LogP contribution in [-0.4, -0.2) is 82.3 Å². The van der Waals surface area contributed by atoms with Crippen LogP contribution in [0.1, 0.15) is 174 Å². The zero-order valence-corrected chi connectivity index (χ0v) is 33.7. The molecule has 53 heavy (non-hydrogen) atoms. The molecule has 0 rings (SSSR count). The molecule has 0 bridgehead atoms. The lowest BCUT2D eigenvalue weighted by Crippen LogP contribution is -2.34. The van der Waals surface area contributed by atoms with Gasteiger partial charge >= 0.3 is 25.7 Å². The minimum Gasteiger partial charge on any atom is -0.480 e. The number of carboxylic acids is 1. The summed E-state index contributed by atoms with van der Waals surface area (Å²) in [6.07, 6.45) is 24.5. The summed E-state index contributed by atoms with van der Waals surface area (Å²) in [5.41, 5.74) is 5.31. The van der Waals surface area contributed by atoms with E-state index in [1.54, 1.807) is 0 Å². The van der Waals surface area contributed by atoms with E-state index in [2.05, 4.69) is 24.4 Å². The highest BCUT2D eigenvalue weighted by Gasteiger charge is 2.28. The van der Waals surface area contributed by atoms with Crippen LogP contribution in [0.15, 0.2) is 12.2 Å². The maximum absolute atomic E-state index is 12.6. The van der Waals surface area contributed by atoms with Gasteiger partial charge in [-0.3, -0.25) is 23.4 Å². The van der Waals surface area contributed by atoms with Crippen molar-refractivity contribution in [2.45, 2.75) is 199 Å². The number of ether oxygens (including phenoxy) is 2. The number of phosphoric ester groups is 1. The van der Waals surface area contributed by atoms with E-state index >= 15 is 0 Å². The maximum atomic E-state index is 12.6. The third kappa shape index (κ3) is 33.2. The molecule has 0 spiro atoms. The first-order valence-corrected chi connectivity index (χ1v) is 21.9. The summed E-state index contributed by atoms with van der Waals surface area (Å²) in [6.45, 7) is 2.57. The van der Waals surface area contributed by atoms with Crippen LogP contribution in [0, 0.1) is 0 Å². The number of rotatable bonds is 38. The quantitative estimate of drug-likeness (QED) is 0.0174. The molecular weight excluding hydrogens is 705 g/mol. The van der Waals surface area contributed by atoms with Crippen LogP contribution >= 0.6 is 7.82 Å². The molecule has 5 atom stereocenters. The number of carbonyl (C=O) groups is 3. The number of aliphatic carboxylic acids is 1. The lowest BCUT2D eigenvalue weighted by Gasteiger charge is -2.20. The average Bonchev–Trinajstić information content (AvgIpc) is 3.12. The second-order valence-corrected chi connectivity index (χ2v) is 15.5. The molecule has 0 radical (unpaired) electrons. The van der Waals surface area contributed by atoms with Gasteiger partial charge in [0.1, 0.15) is 12.6 Å². The Balaban J connectivity index is 4.52. The summed E-state index contributed by atoms with van der Waals surface area (Å²) in [5.74, 6) is -2.51. The van der Waals surface area contributed by atoms with Gasteiger partial charge in [0.05, 0.1) is 25.4 Å². The molecule has 0 aliphatic heterocycles. The third-order valence-corrected chi connectivity index (χ3v) is 9.92. The van der Waals surface area contributed by atoms with Crippen molar-refractivity contribution in [1.82, 2.24) is 0 Å². The van der Waals surface area contributed by atoms with Crippen molar-refractivity contribution < 1.29 is 57.7 Å². The number of aliphatic hydroxyl groups excluding tert-OH is 2. The zero-order chi connectivity index (χ0) is 39.6. The number of hydrogen-bond acceptors (Lipinski definition) is 11. The van der Waals surface area contributed by atoms with E-state index in [4.69, 9.17) is 24.8 Å². The number of phosphoric acid groups is 1. The summed E-state index contributed by atoms with van der Waals surface area (Å²) in [7, 11) is -4.75. The molecule has 0 aromatic carbocycles. The van der Waals surface area contributed by atoms with E-state index < -0.39 is 63.3 Å². The van der Waals surface area contributed by atoms with Gasteiger partial charge in [-0.25, -0.2) is 4.57 Å². The van der Waals surface area contributed by atoms with E-state index in [1.165, 1.54) is 57.8 Å². The standard InChI is InChI=1S/C39H74NO12P/c1-3-5-7-9-11-12-13-14-15-16-20-24-28-37(43)49-30-33(31-50-53(47,48)51-32-34(40)39(45)46)52-38(44)29-25-21-17-19-23-27-36(42)35(41)26-22-18-10-8-6-4-2/h18,22,33-36,41-42H,3-17,19-21,23-32,40H2,1-2H3,(H,45,46)(H,47,48)/b22-18-/t33-,34+,35+,36+/m1/s1. The molecule has 0 aromatic rings. The zero-order valence-electron chi connectivity index (χ0n) is 32.8. The normalized spacial score (nSPS) is 15.1. The molecular formula is C39H74NO12P. The fourth-order valence-corrected chi connectivity index (χ4v) is 6.34. The lowest BCUT2D eigenvalue weighted by molar-refractivity contribution is -0.161. The van der Waals surface area contributed by atoms with Crippen LogP contribution < -0.4 is 5.73 Å². The van der Waals surface area contributed by atoms with Crippen molar-refractivity contribution in [1.29, 1.82) is 0 Å². The van der Waals surface area contributed by atoms with E-state index in [9.17, 15) is 34.1 Å². The summed E-state index contributed by atoms with van der Waals surface area (Å²) in [6, 6.07) is -1.54. The number of carbonyl (C=O) groups excluding carboxylic acids is 2. The molecule has 6 N–H and O–H groups in total. The number of esters is 2. The fraction of sp³-hybridized carbons (Fsp3) is 0.872. The van der Waals surface area contributed by atoms with Crippen molar-refractivity contribution in [3.63, 3.8) is 0 Å². The Kier molecular flexibility index (Phi) is 33.4. The lowest BCUT2D eigenvalue weighted by atomic mass is 10.0. The molecule has 14 heteroatoms. The molecule has 0 saturated heterocycles. The topological polar surface area (TPSA) is 212 Å². The number of nitrogens with two attached hydrogens (primary N) is 1. The number of hydrogen-bond donors (Lipinski definition) is 5. The van der Waals surface area contributed by atoms with Crippen molar-refractivity contribution in [3.05, 3.63) is 12.2 Å². The smallest absolute Gasteiger partial charge is 0.472 e. The van der Waals surface area contributed by atoms with Gasteiger partial charge in [0.15, 0.2) is 6.10 Å². The molecule has 0 aromatic heterocycles. The molecule has 0 heterocycles. The van der Waals surface area contributed by atoms with Crippen LogP contribution in [0.3, 0.4) is 0 Å². The highest BCUT2D eigenvalue weighted by Crippen LogP contribution is 2.43. The minimum atomic E-state index is -4.75. The van der Waals surface area contributed by atoms with Gasteiger partial charge in [-0.2, -0.15) is 0 Å². The Bertz CT molecular complexity index is 998. The Hall–Kier alpha value is -1.86. The van der Waals surface area contributed by atoms with Crippen molar-refractivity contribution in [2.24, 2.45) is 5.73 Å². The van der Waals surface area contributed by atoms with Crippen molar-refractivity contribution in [3.8, 4) is 0 Å². The fourth-order valence-electron chi connectivity index (χ4n) is 5.56. The van der Waals surface area contributed by atoms with Gasteiger partial charge in [0.2, 0.25) is 0 Å². The SMILES string of the molecule is CCCCC/C=C\C[C@H](O)[C@@H](O)CCCCCCCC(=O)O[C@H](COC(=O)CCCCCCCCCCCCCC)COP(=O)(O)OC[C@H](N)C(=O)O. The van der Waals surface area contributed by atoms with Crippen LogP contribution in [0.25, 0.3) is 0 Å². The van der Waals surface area contributed by atoms with Crippen molar-refractivity contribution >= 4 is 25.7 Å². The largest absolute Gasteiger partial charge is 0.480 e. The van der Waals surface area contributed by atoms with Gasteiger partial charge in [-0.05, 0) is 38.5 Å². The van der Waals surface area contributed by atoms with Crippen LogP contribution in [0.2, 0.25) is 0 Å². The third-order valence-electron chi connectivity index (χ3n) is 8.96. The molecule has 0 aliphatic carbocycles. The molecule has 1 unspecified atom stereocenters. The second kappa shape index (κ2) is 34.6. The van der Waals surface area contributed by atoms with Gasteiger partial charge in [0.25, 0.3) is 0 Å². The minimum absolute atomic E-state index is 0.0655. The maximum Gasteiger partial charge on any atom is 0.472 e. The number of unbranched alkanes of at least 4 members (excludes halogenated alkanes) is 18. The van der Waals surface area contributed by atoms with E-state index in [0.29, 0.717) is 25.7 Å². The molecule has 0 aliphatic rings. The summed E-state index contributed by atoms with van der Waals surface area (Å²) in [5, 5.41) is 29.3. The summed E-state index contributed by atoms with van der Waals surface area (Å²) in [4.78, 5) is 45.8. The van der Waals surface area contributed by atoms with E-state index in [-0.39, 0.29) is 19.4 Å². The predicted octanol–water partition coefficient (Wildman–Crippen LogP) is 8.06. The Morgan fingerprint density at radius 2 is 1.13 bits per heavy atom. The van der Waals surface area contributed by atoms with Gasteiger partial charge in [0, 0.05) is 12.8 Å². The van der Waals surface area contributed by atoms with E-state index in [0.717, 1.165) is 64.2 Å². The summed E-state index contributed by atoms with van der Waals surface area (Å²) < 4.78 is 32.5. The predicted molar refractivity (Wildman–Crippen MR) is 206 cm³/mol. The molecule has 13 nitrogen and oxygen atoms in total. The van der Waals surface area contributed by atoms with Crippen LogP contribution in [0.4, 0.5) is 0 Å². The monoisotopic (exact) mass is 779 g/mol. The average molecular weight is 780 g/mol. The first kappa shape index (κ1) is 51.1. The first-order chi connectivity index (χ1) is 25.4. The van der Waals surface area contributed by atoms with Crippen LogP contribution in [-0.2, 0) is 37.5 Å². The highest BCUT2D eigenvalue weighted by atomic mass is 31.2. The molecule has 0 amide bonds. The Morgan fingerprint density at radius 3 is 1.70 bits per heavy atom. The number of carboxylic acid groups (broad SMARTS) is 1. The van der Waals surface area contributed by atoms with Crippen molar-refractivity contribution in [2.75, 3.05) is 19.8 Å². The number of allylic oxidation sites excluding steroid dienone is 1. The van der Waals surface area contributed by atoms with Gasteiger partial charge in [-0.1, -0.05) is 135 Å². The first-order valence-electron chi connectivity index (χ1n) is 20.4. The van der Waals surface area contributed by atoms with Crippen LogP contribution in [0.5, 0.6) is 0 Å². The Labute approximate surface area is 319 Å². The van der Waals surface area contributed by atoms with Gasteiger partial charge in [-0.15, -0.1) is 0 Å². The number of aliphatic hydroxyl groups is 2. The molecule has 312 valence electrons. The summed E-state index contributed by atoms with van der Waals surface area (Å²) >= 11 is 0. The highest BCUT2D eigenvalue weighted by molar-refractivity contribution is 7.47. The Morgan fingerprint density at radius 1 is 0.642 bits per heavy atom. The van der Waals surface area contributed by atoms with E-state index in [1.807, 2.05) is 6.08 Å². The molecule has 0 fully saturated rings. The second-order valence-electron chi connectivity index (χ2n) is 14.1.